The van der Waals surface area contributed by atoms with E-state index in [0.717, 1.165) is 24.7 Å². The van der Waals surface area contributed by atoms with Crippen molar-refractivity contribution in [3.63, 3.8) is 0 Å². The van der Waals surface area contributed by atoms with Crippen LogP contribution in [0.1, 0.15) is 64.7 Å². The minimum atomic E-state index is -1.26. The molecule has 3 rings (SSSR count). The van der Waals surface area contributed by atoms with E-state index in [9.17, 15) is 5.11 Å². The quantitative estimate of drug-likeness (QED) is 0.534. The Labute approximate surface area is 149 Å². The van der Waals surface area contributed by atoms with Crippen molar-refractivity contribution in [3.8, 4) is 0 Å². The van der Waals surface area contributed by atoms with Gasteiger partial charge in [0.25, 0.3) is 0 Å². The Bertz CT molecular complexity index is 470. The van der Waals surface area contributed by atoms with Crippen molar-refractivity contribution >= 4 is 13.3 Å². The van der Waals surface area contributed by atoms with Crippen LogP contribution in [-0.4, -0.2) is 19.3 Å². The maximum atomic E-state index is 9.78. The van der Waals surface area contributed by atoms with Crippen molar-refractivity contribution < 1.29 is 5.11 Å². The van der Waals surface area contributed by atoms with Crippen molar-refractivity contribution in [3.05, 3.63) is 30.3 Å². The van der Waals surface area contributed by atoms with E-state index in [-0.39, 0.29) is 6.10 Å². The van der Waals surface area contributed by atoms with E-state index in [4.69, 9.17) is 0 Å². The highest BCUT2D eigenvalue weighted by atomic mass is 28.3. The Hall–Kier alpha value is -0.603. The Morgan fingerprint density at radius 2 is 1.50 bits per heavy atom. The summed E-state index contributed by atoms with van der Waals surface area (Å²) in [5.74, 6) is 1.86. The smallest absolute Gasteiger partial charge is 0.0867 e. The van der Waals surface area contributed by atoms with E-state index < -0.39 is 8.07 Å². The van der Waals surface area contributed by atoms with Crippen LogP contribution in [0.3, 0.4) is 0 Å². The second-order valence-electron chi connectivity index (χ2n) is 8.51. The predicted molar refractivity (Wildman–Crippen MR) is 106 cm³/mol. The zero-order valence-corrected chi connectivity index (χ0v) is 16.6. The third kappa shape index (κ3) is 4.32. The fourth-order valence-corrected chi connectivity index (χ4v) is 10.7. The van der Waals surface area contributed by atoms with Crippen LogP contribution in [0, 0.1) is 11.8 Å². The van der Waals surface area contributed by atoms with E-state index in [0.29, 0.717) is 0 Å². The molecule has 1 saturated heterocycles. The van der Waals surface area contributed by atoms with Crippen LogP contribution in [0.5, 0.6) is 0 Å². The van der Waals surface area contributed by atoms with Gasteiger partial charge in [-0.2, -0.15) is 0 Å². The SMILES string of the molecule is CCCCC[Si]1(c2ccccc2)CCC(C2CCC(O)CC2)CC1. The number of benzene rings is 1. The normalized spacial score (nSPS) is 34.2. The van der Waals surface area contributed by atoms with Gasteiger partial charge in [-0.3, -0.25) is 0 Å². The lowest BCUT2D eigenvalue weighted by molar-refractivity contribution is 0.0880. The van der Waals surface area contributed by atoms with Gasteiger partial charge in [0.15, 0.2) is 0 Å². The number of unbranched alkanes of at least 4 members (excludes halogenated alkanes) is 2. The maximum absolute atomic E-state index is 9.78. The second kappa shape index (κ2) is 8.67. The first-order chi connectivity index (χ1) is 11.7. The van der Waals surface area contributed by atoms with E-state index >= 15 is 0 Å². The van der Waals surface area contributed by atoms with Crippen LogP contribution < -0.4 is 5.19 Å². The fraction of sp³-hybridized carbons (Fsp3) is 0.727. The van der Waals surface area contributed by atoms with E-state index in [1.54, 1.807) is 5.19 Å². The summed E-state index contributed by atoms with van der Waals surface area (Å²) in [4.78, 5) is 0. The van der Waals surface area contributed by atoms with Gasteiger partial charge in [-0.05, 0) is 37.5 Å². The Kier molecular flexibility index (Phi) is 6.57. The minimum Gasteiger partial charge on any atom is -0.393 e. The molecule has 1 aliphatic carbocycles. The third-order valence-electron chi connectivity index (χ3n) is 7.04. The van der Waals surface area contributed by atoms with Gasteiger partial charge in [-0.25, -0.2) is 0 Å². The van der Waals surface area contributed by atoms with E-state index in [1.165, 1.54) is 63.1 Å². The number of hydrogen-bond donors (Lipinski definition) is 1. The monoisotopic (exact) mass is 344 g/mol. The molecule has 1 N–H and O–H groups in total. The maximum Gasteiger partial charge on any atom is 0.0867 e. The molecule has 1 aromatic rings. The van der Waals surface area contributed by atoms with Gasteiger partial charge in [0.05, 0.1) is 14.2 Å². The lowest BCUT2D eigenvalue weighted by Gasteiger charge is -2.43. The summed E-state index contributed by atoms with van der Waals surface area (Å²) in [5.41, 5.74) is 0. The summed E-state index contributed by atoms with van der Waals surface area (Å²) in [6, 6.07) is 16.1. The van der Waals surface area contributed by atoms with Crippen LogP contribution in [0.4, 0.5) is 0 Å². The minimum absolute atomic E-state index is 0.00308. The zero-order valence-electron chi connectivity index (χ0n) is 15.6. The molecule has 24 heavy (non-hydrogen) atoms. The van der Waals surface area contributed by atoms with Crippen molar-refractivity contribution in [2.24, 2.45) is 11.8 Å². The molecule has 134 valence electrons. The molecule has 0 unspecified atom stereocenters. The number of aliphatic hydroxyl groups is 1. The largest absolute Gasteiger partial charge is 0.393 e. The molecule has 2 heteroatoms. The zero-order chi connectivity index (χ0) is 16.8. The molecule has 1 nitrogen and oxygen atoms in total. The lowest BCUT2D eigenvalue weighted by Crippen LogP contribution is -2.50. The molecule has 0 atom stereocenters. The average Bonchev–Trinajstić information content (AvgIpc) is 2.64. The molecule has 0 spiro atoms. The van der Waals surface area contributed by atoms with Gasteiger partial charge in [0, 0.05) is 0 Å². The van der Waals surface area contributed by atoms with Gasteiger partial charge in [0.2, 0.25) is 0 Å². The Morgan fingerprint density at radius 1 is 0.875 bits per heavy atom. The fourth-order valence-electron chi connectivity index (χ4n) is 5.43. The Balaban J connectivity index is 1.64. The highest BCUT2D eigenvalue weighted by molar-refractivity contribution is 6.92. The Morgan fingerprint density at radius 3 is 2.12 bits per heavy atom. The molecule has 0 aromatic heterocycles. The molecule has 1 saturated carbocycles. The summed E-state index contributed by atoms with van der Waals surface area (Å²) in [5, 5.41) is 11.5. The van der Waals surface area contributed by atoms with Crippen molar-refractivity contribution in [2.45, 2.75) is 88.9 Å². The first kappa shape index (κ1) is 18.2. The highest BCUT2D eigenvalue weighted by Gasteiger charge is 2.40. The van der Waals surface area contributed by atoms with Gasteiger partial charge < -0.3 is 5.11 Å². The van der Waals surface area contributed by atoms with Gasteiger partial charge in [0.1, 0.15) is 0 Å². The van der Waals surface area contributed by atoms with Crippen LogP contribution in [0.25, 0.3) is 0 Å². The van der Waals surface area contributed by atoms with Gasteiger partial charge in [-0.1, -0.05) is 92.7 Å². The van der Waals surface area contributed by atoms with Crippen LogP contribution >= 0.6 is 0 Å². The number of rotatable bonds is 6. The van der Waals surface area contributed by atoms with Crippen molar-refractivity contribution in [1.82, 2.24) is 0 Å². The molecule has 1 heterocycles. The molecule has 1 aliphatic heterocycles. The van der Waals surface area contributed by atoms with Gasteiger partial charge >= 0.3 is 0 Å². The van der Waals surface area contributed by atoms with Crippen LogP contribution in [0.15, 0.2) is 30.3 Å². The predicted octanol–water partition coefficient (Wildman–Crippen LogP) is 5.49. The summed E-state index contributed by atoms with van der Waals surface area (Å²) in [6.07, 6.45) is 11.8. The summed E-state index contributed by atoms with van der Waals surface area (Å²) in [7, 11) is -1.26. The molecule has 0 radical (unpaired) electrons. The average molecular weight is 345 g/mol. The van der Waals surface area contributed by atoms with Crippen molar-refractivity contribution in [2.75, 3.05) is 0 Å². The van der Waals surface area contributed by atoms with Crippen molar-refractivity contribution in [1.29, 1.82) is 0 Å². The summed E-state index contributed by atoms with van der Waals surface area (Å²) in [6.45, 7) is 2.32. The first-order valence-electron chi connectivity index (χ1n) is 10.5. The van der Waals surface area contributed by atoms with E-state index in [1.807, 2.05) is 0 Å². The highest BCUT2D eigenvalue weighted by Crippen LogP contribution is 2.43. The second-order valence-corrected chi connectivity index (χ2v) is 13.1. The van der Waals surface area contributed by atoms with Gasteiger partial charge in [-0.15, -0.1) is 0 Å². The van der Waals surface area contributed by atoms with E-state index in [2.05, 4.69) is 37.3 Å². The third-order valence-corrected chi connectivity index (χ3v) is 12.4. The topological polar surface area (TPSA) is 20.2 Å². The molecule has 2 aliphatic rings. The molecule has 2 fully saturated rings. The molecular formula is C22H36OSi. The lowest BCUT2D eigenvalue weighted by atomic mass is 9.76. The molecule has 1 aromatic carbocycles. The number of hydrogen-bond acceptors (Lipinski definition) is 1. The summed E-state index contributed by atoms with van der Waals surface area (Å²) < 4.78 is 0. The van der Waals surface area contributed by atoms with Crippen LogP contribution in [-0.2, 0) is 0 Å². The van der Waals surface area contributed by atoms with Crippen LogP contribution in [0.2, 0.25) is 18.1 Å². The summed E-state index contributed by atoms with van der Waals surface area (Å²) >= 11 is 0. The number of aliphatic hydroxyl groups excluding tert-OH is 1. The molecular weight excluding hydrogens is 308 g/mol. The molecule has 0 amide bonds. The standard InChI is InChI=1S/C22H36OSi/c1-2-3-7-16-24(22-8-5-4-6-9-22)17-14-20(15-18-24)19-10-12-21(23)13-11-19/h4-6,8-9,19-21,23H,2-3,7,10-18H2,1H3. The molecule has 0 bridgehead atoms. The first-order valence-corrected chi connectivity index (χ1v) is 13.1.